The first-order valence-corrected chi connectivity index (χ1v) is 6.58. The molecular weight excluding hydrogens is 278 g/mol. The monoisotopic (exact) mass is 297 g/mol. The van der Waals surface area contributed by atoms with Gasteiger partial charge in [-0.25, -0.2) is 9.78 Å². The number of nitro groups is 1. The molecule has 1 aromatic heterocycles. The summed E-state index contributed by atoms with van der Waals surface area (Å²) in [5, 5.41) is 22.9. The molecule has 1 heterocycles. The number of anilines is 1. The summed E-state index contributed by atoms with van der Waals surface area (Å²) < 4.78 is 5.35. The minimum atomic E-state index is -1.36. The van der Waals surface area contributed by atoms with Crippen LogP contribution >= 0.6 is 0 Å². The number of hydrogen-bond donors (Lipinski definition) is 2. The molecule has 116 valence electrons. The van der Waals surface area contributed by atoms with Crippen LogP contribution in [-0.2, 0) is 4.74 Å². The molecule has 0 aliphatic heterocycles. The number of hydrogen-bond acceptors (Lipinski definition) is 6. The minimum absolute atomic E-state index is 0.0689. The molecule has 1 rings (SSSR count). The lowest BCUT2D eigenvalue weighted by Crippen LogP contribution is -2.31. The van der Waals surface area contributed by atoms with Gasteiger partial charge in [0.05, 0.1) is 17.6 Å². The average Bonchev–Trinajstić information content (AvgIpc) is 2.42. The molecule has 8 heteroatoms. The lowest BCUT2D eigenvalue weighted by atomic mass is 10.1. The van der Waals surface area contributed by atoms with Gasteiger partial charge in [-0.1, -0.05) is 13.8 Å². The van der Waals surface area contributed by atoms with Crippen molar-refractivity contribution in [2.75, 3.05) is 18.5 Å². The van der Waals surface area contributed by atoms with Crippen molar-refractivity contribution in [1.29, 1.82) is 0 Å². The Morgan fingerprint density at radius 1 is 1.57 bits per heavy atom. The number of ether oxygens (including phenoxy) is 1. The lowest BCUT2D eigenvalue weighted by Gasteiger charge is -2.22. The number of carbonyl (C=O) groups is 1. The second kappa shape index (κ2) is 7.53. The maximum Gasteiger partial charge on any atom is 0.342 e. The Morgan fingerprint density at radius 3 is 2.71 bits per heavy atom. The highest BCUT2D eigenvalue weighted by Crippen LogP contribution is 2.21. The summed E-state index contributed by atoms with van der Waals surface area (Å²) in [6.07, 6.45) is 0.948. The fraction of sp³-hybridized carbons (Fsp3) is 0.538. The first kappa shape index (κ1) is 16.8. The molecule has 21 heavy (non-hydrogen) atoms. The topological polar surface area (TPSA) is 115 Å². The smallest absolute Gasteiger partial charge is 0.342 e. The number of nitrogens with zero attached hydrogens (tertiary/aromatic N) is 2. The Bertz CT molecular complexity index is 519. The Labute approximate surface area is 122 Å². The number of aromatic carboxylic acids is 1. The molecule has 1 unspecified atom stereocenters. The molecule has 0 saturated heterocycles. The largest absolute Gasteiger partial charge is 0.477 e. The van der Waals surface area contributed by atoms with E-state index in [0.29, 0.717) is 13.2 Å². The number of rotatable bonds is 8. The zero-order valence-corrected chi connectivity index (χ0v) is 12.2. The molecule has 0 aliphatic carbocycles. The Morgan fingerprint density at radius 2 is 2.24 bits per heavy atom. The molecule has 0 amide bonds. The Kier molecular flexibility index (Phi) is 6.04. The SMILES string of the molecule is CCOCC(Nc1cc(C(=O)O)c([N+](=O)[O-])cn1)C(C)C. The van der Waals surface area contributed by atoms with Crippen LogP contribution in [0.15, 0.2) is 12.3 Å². The van der Waals surface area contributed by atoms with Crippen molar-refractivity contribution in [2.24, 2.45) is 5.92 Å². The van der Waals surface area contributed by atoms with Gasteiger partial charge in [-0.05, 0) is 12.8 Å². The highest BCUT2D eigenvalue weighted by atomic mass is 16.6. The van der Waals surface area contributed by atoms with E-state index in [1.807, 2.05) is 20.8 Å². The third-order valence-corrected chi connectivity index (χ3v) is 2.95. The van der Waals surface area contributed by atoms with Crippen LogP contribution in [0.4, 0.5) is 11.5 Å². The van der Waals surface area contributed by atoms with Gasteiger partial charge in [0.2, 0.25) is 0 Å². The van der Waals surface area contributed by atoms with Gasteiger partial charge in [0.25, 0.3) is 0 Å². The second-order valence-electron chi connectivity index (χ2n) is 4.80. The summed E-state index contributed by atoms with van der Waals surface area (Å²) >= 11 is 0. The van der Waals surface area contributed by atoms with Crippen molar-refractivity contribution in [2.45, 2.75) is 26.8 Å². The molecule has 0 bridgehead atoms. The zero-order valence-electron chi connectivity index (χ0n) is 12.2. The van der Waals surface area contributed by atoms with Crippen LogP contribution in [0.2, 0.25) is 0 Å². The van der Waals surface area contributed by atoms with E-state index in [9.17, 15) is 14.9 Å². The molecule has 0 aromatic carbocycles. The number of carboxylic acids is 1. The number of aromatic nitrogens is 1. The Balaban J connectivity index is 3.00. The molecule has 0 aliphatic rings. The fourth-order valence-electron chi connectivity index (χ4n) is 1.68. The first-order chi connectivity index (χ1) is 9.86. The van der Waals surface area contributed by atoms with Gasteiger partial charge in [0, 0.05) is 12.7 Å². The van der Waals surface area contributed by atoms with Crippen molar-refractivity contribution in [3.8, 4) is 0 Å². The van der Waals surface area contributed by atoms with Gasteiger partial charge in [-0.2, -0.15) is 0 Å². The first-order valence-electron chi connectivity index (χ1n) is 6.58. The van der Waals surface area contributed by atoms with Crippen molar-refractivity contribution < 1.29 is 19.6 Å². The average molecular weight is 297 g/mol. The molecule has 0 radical (unpaired) electrons. The Hall–Kier alpha value is -2.22. The number of carboxylic acid groups (broad SMARTS) is 1. The normalized spacial score (nSPS) is 12.2. The van der Waals surface area contributed by atoms with Gasteiger partial charge in [-0.15, -0.1) is 0 Å². The van der Waals surface area contributed by atoms with E-state index in [0.717, 1.165) is 6.20 Å². The van der Waals surface area contributed by atoms with Crippen molar-refractivity contribution >= 4 is 17.5 Å². The van der Waals surface area contributed by atoms with Gasteiger partial charge in [0.1, 0.15) is 17.6 Å². The molecular formula is C13H19N3O5. The molecule has 1 aromatic rings. The van der Waals surface area contributed by atoms with Crippen molar-refractivity contribution in [3.05, 3.63) is 27.9 Å². The van der Waals surface area contributed by atoms with E-state index < -0.39 is 22.1 Å². The maximum atomic E-state index is 11.1. The van der Waals surface area contributed by atoms with Gasteiger partial charge in [0.15, 0.2) is 0 Å². The molecule has 8 nitrogen and oxygen atoms in total. The molecule has 0 fully saturated rings. The zero-order chi connectivity index (χ0) is 16.0. The van der Waals surface area contributed by atoms with E-state index in [2.05, 4.69) is 10.3 Å². The summed E-state index contributed by atoms with van der Waals surface area (Å²) in [6, 6.07) is 1.10. The highest BCUT2D eigenvalue weighted by Gasteiger charge is 2.22. The van der Waals surface area contributed by atoms with E-state index in [-0.39, 0.29) is 17.8 Å². The predicted octanol–water partition coefficient (Wildman–Crippen LogP) is 2.16. The van der Waals surface area contributed by atoms with Crippen LogP contribution < -0.4 is 5.32 Å². The van der Waals surface area contributed by atoms with Gasteiger partial charge in [-0.3, -0.25) is 10.1 Å². The quantitative estimate of drug-likeness (QED) is 0.558. The molecule has 1 atom stereocenters. The molecule has 2 N–H and O–H groups in total. The van der Waals surface area contributed by atoms with E-state index in [1.165, 1.54) is 6.07 Å². The van der Waals surface area contributed by atoms with Crippen LogP contribution in [-0.4, -0.2) is 40.2 Å². The predicted molar refractivity (Wildman–Crippen MR) is 76.6 cm³/mol. The summed E-state index contributed by atoms with van der Waals surface area (Å²) in [4.78, 5) is 25.0. The van der Waals surface area contributed by atoms with Gasteiger partial charge >= 0.3 is 11.7 Å². The van der Waals surface area contributed by atoms with Crippen LogP contribution in [0, 0.1) is 16.0 Å². The second-order valence-corrected chi connectivity index (χ2v) is 4.80. The van der Waals surface area contributed by atoms with E-state index in [4.69, 9.17) is 9.84 Å². The summed E-state index contributed by atoms with van der Waals surface area (Å²) in [5.74, 6) is -0.865. The third-order valence-electron chi connectivity index (χ3n) is 2.95. The third kappa shape index (κ3) is 4.67. The fourth-order valence-corrected chi connectivity index (χ4v) is 1.68. The van der Waals surface area contributed by atoms with Crippen molar-refractivity contribution in [1.82, 2.24) is 4.98 Å². The van der Waals surface area contributed by atoms with Crippen molar-refractivity contribution in [3.63, 3.8) is 0 Å². The highest BCUT2D eigenvalue weighted by molar-refractivity contribution is 5.93. The summed E-state index contributed by atoms with van der Waals surface area (Å²) in [5.41, 5.74) is -0.921. The van der Waals surface area contributed by atoms with E-state index >= 15 is 0 Å². The lowest BCUT2D eigenvalue weighted by molar-refractivity contribution is -0.385. The maximum absolute atomic E-state index is 11.1. The van der Waals surface area contributed by atoms with E-state index in [1.54, 1.807) is 0 Å². The minimum Gasteiger partial charge on any atom is -0.477 e. The van der Waals surface area contributed by atoms with Crippen LogP contribution in [0.5, 0.6) is 0 Å². The van der Waals surface area contributed by atoms with Crippen LogP contribution in [0.25, 0.3) is 0 Å². The molecule has 0 saturated carbocycles. The van der Waals surface area contributed by atoms with Gasteiger partial charge < -0.3 is 15.2 Å². The van der Waals surface area contributed by atoms with Crippen LogP contribution in [0.3, 0.4) is 0 Å². The summed E-state index contributed by atoms with van der Waals surface area (Å²) in [7, 11) is 0. The molecule has 0 spiro atoms. The summed E-state index contributed by atoms with van der Waals surface area (Å²) in [6.45, 7) is 6.86. The number of pyridine rings is 1. The number of nitrogens with one attached hydrogen (secondary N) is 1. The standard InChI is InChI=1S/C13H19N3O5/c1-4-21-7-10(8(2)3)15-12-5-9(13(17)18)11(6-14-12)16(19)20/h5-6,8,10H,4,7H2,1-3H3,(H,14,15)(H,17,18). The van der Waals surface area contributed by atoms with Crippen LogP contribution in [0.1, 0.15) is 31.1 Å².